The maximum Gasteiger partial charge on any atom is 0.243 e. The highest BCUT2D eigenvalue weighted by atomic mass is 16.1. The van der Waals surface area contributed by atoms with Crippen LogP contribution in [-0.4, -0.2) is 41.8 Å². The number of nitrogens with zero attached hydrogens (tertiary/aromatic N) is 3. The highest BCUT2D eigenvalue weighted by Crippen LogP contribution is 2.10. The molecule has 0 fully saturated rings. The molecule has 1 aromatic heterocycles. The fraction of sp³-hybridized carbons (Fsp3) is 0.450. The summed E-state index contributed by atoms with van der Waals surface area (Å²) in [7, 11) is 1.69. The normalized spacial score (nSPS) is 11.3. The standard InChI is InChI=1S/C20H30N6O/c1-5-17-8-6-9-18(13-17)24-19(27)14-23-20(21-4)22-10-7-11-26-16(3)12-15(2)25-26/h6,8-9,12-13H,5,7,10-11,14H2,1-4H3,(H,24,27)(H2,21,22,23). The molecular weight excluding hydrogens is 340 g/mol. The van der Waals surface area contributed by atoms with E-state index in [9.17, 15) is 4.79 Å². The van der Waals surface area contributed by atoms with Gasteiger partial charge in [-0.2, -0.15) is 5.10 Å². The fourth-order valence-electron chi connectivity index (χ4n) is 2.80. The van der Waals surface area contributed by atoms with Gasteiger partial charge in [-0.05, 0) is 50.5 Å². The zero-order valence-corrected chi connectivity index (χ0v) is 16.7. The molecule has 1 heterocycles. The quantitative estimate of drug-likeness (QED) is 0.378. The van der Waals surface area contributed by atoms with Gasteiger partial charge in [0, 0.05) is 31.5 Å². The van der Waals surface area contributed by atoms with Crippen molar-refractivity contribution in [3.63, 3.8) is 0 Å². The van der Waals surface area contributed by atoms with Crippen LogP contribution in [0.25, 0.3) is 0 Å². The molecule has 0 atom stereocenters. The number of rotatable bonds is 8. The Labute approximate surface area is 161 Å². The molecule has 0 aliphatic rings. The first-order valence-corrected chi connectivity index (χ1v) is 9.36. The Morgan fingerprint density at radius 3 is 2.70 bits per heavy atom. The van der Waals surface area contributed by atoms with E-state index in [0.29, 0.717) is 5.96 Å². The van der Waals surface area contributed by atoms with Gasteiger partial charge in [-0.15, -0.1) is 0 Å². The van der Waals surface area contributed by atoms with Crippen molar-refractivity contribution in [2.45, 2.75) is 40.2 Å². The Hall–Kier alpha value is -2.83. The van der Waals surface area contributed by atoms with E-state index in [0.717, 1.165) is 37.3 Å². The number of aliphatic imine (C=N–C) groups is 1. The number of aromatic nitrogens is 2. The average Bonchev–Trinajstić information content (AvgIpc) is 2.98. The largest absolute Gasteiger partial charge is 0.356 e. The minimum Gasteiger partial charge on any atom is -0.356 e. The number of benzene rings is 1. The van der Waals surface area contributed by atoms with E-state index in [4.69, 9.17) is 0 Å². The van der Waals surface area contributed by atoms with Gasteiger partial charge in [-0.3, -0.25) is 14.5 Å². The topological polar surface area (TPSA) is 83.3 Å². The van der Waals surface area contributed by atoms with Crippen LogP contribution in [0.1, 0.15) is 30.3 Å². The third-order valence-corrected chi connectivity index (χ3v) is 4.20. The van der Waals surface area contributed by atoms with Crippen LogP contribution in [0.3, 0.4) is 0 Å². The van der Waals surface area contributed by atoms with Gasteiger partial charge in [0.1, 0.15) is 0 Å². The SMILES string of the molecule is CCc1cccc(NC(=O)CNC(=NC)NCCCn2nc(C)cc2C)c1. The summed E-state index contributed by atoms with van der Waals surface area (Å²) in [5.74, 6) is 0.509. The zero-order chi connectivity index (χ0) is 19.6. The van der Waals surface area contributed by atoms with Crippen molar-refractivity contribution in [1.82, 2.24) is 20.4 Å². The summed E-state index contributed by atoms with van der Waals surface area (Å²) >= 11 is 0. The number of anilines is 1. The van der Waals surface area contributed by atoms with Crippen LogP contribution in [0.5, 0.6) is 0 Å². The summed E-state index contributed by atoms with van der Waals surface area (Å²) in [6.07, 6.45) is 1.86. The Morgan fingerprint density at radius 2 is 2.04 bits per heavy atom. The molecule has 1 aromatic carbocycles. The molecule has 0 aliphatic carbocycles. The van der Waals surface area contributed by atoms with Gasteiger partial charge in [0.05, 0.1) is 12.2 Å². The second-order valence-electron chi connectivity index (χ2n) is 6.46. The van der Waals surface area contributed by atoms with E-state index in [1.165, 1.54) is 11.3 Å². The summed E-state index contributed by atoms with van der Waals surface area (Å²) in [5, 5.41) is 13.6. The molecule has 0 saturated heterocycles. The number of guanidine groups is 1. The van der Waals surface area contributed by atoms with Gasteiger partial charge in [0.25, 0.3) is 0 Å². The van der Waals surface area contributed by atoms with Crippen LogP contribution in [-0.2, 0) is 17.8 Å². The predicted molar refractivity (Wildman–Crippen MR) is 110 cm³/mol. The van der Waals surface area contributed by atoms with Crippen molar-refractivity contribution in [3.8, 4) is 0 Å². The van der Waals surface area contributed by atoms with Gasteiger partial charge in [-0.25, -0.2) is 0 Å². The number of aryl methyl sites for hydroxylation is 4. The molecule has 0 aliphatic heterocycles. The van der Waals surface area contributed by atoms with Crippen molar-refractivity contribution < 1.29 is 4.79 Å². The van der Waals surface area contributed by atoms with Crippen LogP contribution in [0.15, 0.2) is 35.3 Å². The number of carbonyl (C=O) groups excluding carboxylic acids is 1. The molecule has 0 saturated carbocycles. The molecule has 0 bridgehead atoms. The zero-order valence-electron chi connectivity index (χ0n) is 16.7. The first kappa shape index (κ1) is 20.5. The van der Waals surface area contributed by atoms with Gasteiger partial charge in [0.2, 0.25) is 5.91 Å². The highest BCUT2D eigenvalue weighted by molar-refractivity contribution is 5.95. The summed E-state index contributed by atoms with van der Waals surface area (Å²) < 4.78 is 2.01. The minimum atomic E-state index is -0.103. The van der Waals surface area contributed by atoms with Crippen molar-refractivity contribution >= 4 is 17.6 Å². The maximum absolute atomic E-state index is 12.1. The van der Waals surface area contributed by atoms with Crippen LogP contribution >= 0.6 is 0 Å². The molecule has 2 aromatic rings. The monoisotopic (exact) mass is 370 g/mol. The van der Waals surface area contributed by atoms with Crippen molar-refractivity contribution in [1.29, 1.82) is 0 Å². The molecule has 0 unspecified atom stereocenters. The fourth-order valence-corrected chi connectivity index (χ4v) is 2.80. The number of carbonyl (C=O) groups is 1. The molecule has 146 valence electrons. The van der Waals surface area contributed by atoms with Crippen molar-refractivity contribution in [3.05, 3.63) is 47.3 Å². The summed E-state index contributed by atoms with van der Waals surface area (Å²) in [6.45, 7) is 7.90. The lowest BCUT2D eigenvalue weighted by Gasteiger charge is -2.12. The molecular formula is C20H30N6O. The van der Waals surface area contributed by atoms with Gasteiger partial charge in [-0.1, -0.05) is 19.1 Å². The molecule has 3 N–H and O–H groups in total. The van der Waals surface area contributed by atoms with Crippen molar-refractivity contribution in [2.75, 3.05) is 25.5 Å². The first-order chi connectivity index (χ1) is 13.0. The lowest BCUT2D eigenvalue weighted by molar-refractivity contribution is -0.115. The third-order valence-electron chi connectivity index (χ3n) is 4.20. The molecule has 0 spiro atoms. The average molecular weight is 371 g/mol. The summed E-state index contributed by atoms with van der Waals surface area (Å²) in [6, 6.07) is 9.95. The second kappa shape index (κ2) is 10.4. The Kier molecular flexibility index (Phi) is 7.85. The van der Waals surface area contributed by atoms with Crippen molar-refractivity contribution in [2.24, 2.45) is 4.99 Å². The Bertz CT molecular complexity index is 781. The minimum absolute atomic E-state index is 0.103. The molecule has 7 nitrogen and oxygen atoms in total. The Morgan fingerprint density at radius 1 is 1.22 bits per heavy atom. The highest BCUT2D eigenvalue weighted by Gasteiger charge is 2.05. The summed E-state index contributed by atoms with van der Waals surface area (Å²) in [5.41, 5.74) is 4.21. The Balaban J connectivity index is 1.70. The smallest absolute Gasteiger partial charge is 0.243 e. The molecule has 27 heavy (non-hydrogen) atoms. The maximum atomic E-state index is 12.1. The van der Waals surface area contributed by atoms with E-state index < -0.39 is 0 Å². The lowest BCUT2D eigenvalue weighted by Crippen LogP contribution is -2.41. The number of hydrogen-bond acceptors (Lipinski definition) is 3. The van der Waals surface area contributed by atoms with Crippen LogP contribution < -0.4 is 16.0 Å². The van der Waals surface area contributed by atoms with Crippen LogP contribution in [0.2, 0.25) is 0 Å². The van der Waals surface area contributed by atoms with E-state index >= 15 is 0 Å². The van der Waals surface area contributed by atoms with E-state index in [-0.39, 0.29) is 12.5 Å². The number of nitrogens with one attached hydrogen (secondary N) is 3. The van der Waals surface area contributed by atoms with Gasteiger partial charge >= 0.3 is 0 Å². The molecule has 7 heteroatoms. The first-order valence-electron chi connectivity index (χ1n) is 9.36. The number of amides is 1. The van der Waals surface area contributed by atoms with Gasteiger partial charge in [0.15, 0.2) is 5.96 Å². The summed E-state index contributed by atoms with van der Waals surface area (Å²) in [4.78, 5) is 16.3. The molecule has 2 rings (SSSR count). The van der Waals surface area contributed by atoms with Gasteiger partial charge < -0.3 is 16.0 Å². The molecule has 0 radical (unpaired) electrons. The van der Waals surface area contributed by atoms with E-state index in [2.05, 4.69) is 46.0 Å². The lowest BCUT2D eigenvalue weighted by atomic mass is 10.1. The van der Waals surface area contributed by atoms with Crippen LogP contribution in [0.4, 0.5) is 5.69 Å². The molecule has 1 amide bonds. The predicted octanol–water partition coefficient (Wildman–Crippen LogP) is 2.26. The van der Waals surface area contributed by atoms with E-state index in [1.54, 1.807) is 7.05 Å². The second-order valence-corrected chi connectivity index (χ2v) is 6.46. The third kappa shape index (κ3) is 6.77. The van der Waals surface area contributed by atoms with Crippen LogP contribution in [0, 0.1) is 13.8 Å². The van der Waals surface area contributed by atoms with E-state index in [1.807, 2.05) is 35.9 Å². The number of hydrogen-bond donors (Lipinski definition) is 3.